The number of methoxy groups -OCH3 is 1. The fourth-order valence-corrected chi connectivity index (χ4v) is 2.16. The summed E-state index contributed by atoms with van der Waals surface area (Å²) in [5.74, 6) is -2.62. The summed E-state index contributed by atoms with van der Waals surface area (Å²) in [4.78, 5) is 15.5. The van der Waals surface area contributed by atoms with Crippen molar-refractivity contribution in [1.82, 2.24) is 0 Å². The number of rotatable bonds is 5. The standard InChI is InChI=1S/C18H13ClF3NO3/c1-26-14-7-5-11(6-8-14)16(24)15(17(25)18(20,21)22)10-23-13-4-2-3-12(19)9-13/h2-10,24H,1H3/b16-15+,23-10?. The predicted molar refractivity (Wildman–Crippen MR) is 93.2 cm³/mol. The fraction of sp³-hybridized carbons (Fsp3) is 0.111. The molecule has 0 aliphatic carbocycles. The number of hydrogen-bond donors (Lipinski definition) is 1. The molecule has 0 bridgehead atoms. The van der Waals surface area contributed by atoms with Crippen LogP contribution >= 0.6 is 11.6 Å². The number of aliphatic imine (C=N–C) groups is 1. The summed E-state index contributed by atoms with van der Waals surface area (Å²) in [6.45, 7) is 0. The molecule has 1 N–H and O–H groups in total. The first-order valence-corrected chi connectivity index (χ1v) is 7.59. The van der Waals surface area contributed by atoms with Gasteiger partial charge in [0.05, 0.1) is 18.4 Å². The maximum absolute atomic E-state index is 12.9. The Morgan fingerprint density at radius 2 is 1.85 bits per heavy atom. The summed E-state index contributed by atoms with van der Waals surface area (Å²) in [6, 6.07) is 11.5. The molecule has 0 amide bonds. The Labute approximate surface area is 152 Å². The van der Waals surface area contributed by atoms with E-state index in [-0.39, 0.29) is 11.3 Å². The predicted octanol–water partition coefficient (Wildman–Crippen LogP) is 5.15. The topological polar surface area (TPSA) is 58.9 Å². The van der Waals surface area contributed by atoms with Crippen LogP contribution in [0.4, 0.5) is 18.9 Å². The number of alkyl halides is 3. The van der Waals surface area contributed by atoms with Crippen molar-refractivity contribution in [2.75, 3.05) is 7.11 Å². The van der Waals surface area contributed by atoms with E-state index in [0.717, 1.165) is 0 Å². The molecule has 0 radical (unpaired) electrons. The second kappa shape index (κ2) is 8.05. The first-order chi connectivity index (χ1) is 12.2. The van der Waals surface area contributed by atoms with Crippen LogP contribution in [0.1, 0.15) is 5.56 Å². The maximum atomic E-state index is 12.9. The third kappa shape index (κ3) is 4.86. The zero-order valence-electron chi connectivity index (χ0n) is 13.4. The number of allylic oxidation sites excluding steroid dienone is 1. The molecule has 0 aliphatic heterocycles. The van der Waals surface area contributed by atoms with Crippen molar-refractivity contribution < 1.29 is 27.8 Å². The van der Waals surface area contributed by atoms with Gasteiger partial charge < -0.3 is 9.84 Å². The van der Waals surface area contributed by atoms with Crippen molar-refractivity contribution in [3.8, 4) is 5.75 Å². The monoisotopic (exact) mass is 383 g/mol. The normalized spacial score (nSPS) is 12.8. The van der Waals surface area contributed by atoms with E-state index in [1.165, 1.54) is 43.5 Å². The van der Waals surface area contributed by atoms with E-state index in [9.17, 15) is 23.1 Å². The minimum Gasteiger partial charge on any atom is -0.506 e. The van der Waals surface area contributed by atoms with Crippen LogP contribution in [0.25, 0.3) is 5.76 Å². The molecule has 8 heteroatoms. The fourth-order valence-electron chi connectivity index (χ4n) is 1.98. The molecule has 0 spiro atoms. The molecular weight excluding hydrogens is 371 g/mol. The highest BCUT2D eigenvalue weighted by molar-refractivity contribution is 6.30. The average molecular weight is 384 g/mol. The Kier molecular flexibility index (Phi) is 6.05. The quantitative estimate of drug-likeness (QED) is 0.441. The summed E-state index contributed by atoms with van der Waals surface area (Å²) >= 11 is 5.79. The highest BCUT2D eigenvalue weighted by atomic mass is 35.5. The van der Waals surface area contributed by atoms with Crippen LogP contribution in [-0.2, 0) is 4.79 Å². The Morgan fingerprint density at radius 3 is 2.38 bits per heavy atom. The van der Waals surface area contributed by atoms with Gasteiger partial charge in [0, 0.05) is 16.8 Å². The van der Waals surface area contributed by atoms with Gasteiger partial charge in [0.25, 0.3) is 5.78 Å². The smallest absolute Gasteiger partial charge is 0.455 e. The highest BCUT2D eigenvalue weighted by Crippen LogP contribution is 2.27. The Balaban J connectivity index is 2.50. The van der Waals surface area contributed by atoms with Crippen LogP contribution in [-0.4, -0.2) is 30.4 Å². The van der Waals surface area contributed by atoms with Crippen molar-refractivity contribution in [3.63, 3.8) is 0 Å². The Hall–Kier alpha value is -2.80. The molecule has 0 atom stereocenters. The highest BCUT2D eigenvalue weighted by Gasteiger charge is 2.41. The van der Waals surface area contributed by atoms with Crippen LogP contribution in [0, 0.1) is 0 Å². The molecule has 2 rings (SSSR count). The van der Waals surface area contributed by atoms with E-state index in [1.807, 2.05) is 0 Å². The van der Waals surface area contributed by atoms with Crippen LogP contribution in [0.2, 0.25) is 5.02 Å². The van der Waals surface area contributed by atoms with Crippen LogP contribution in [0.3, 0.4) is 0 Å². The molecule has 2 aromatic rings. The summed E-state index contributed by atoms with van der Waals surface area (Å²) < 4.78 is 43.6. The van der Waals surface area contributed by atoms with Gasteiger partial charge in [-0.1, -0.05) is 17.7 Å². The minimum atomic E-state index is -5.17. The van der Waals surface area contributed by atoms with E-state index in [4.69, 9.17) is 16.3 Å². The molecule has 4 nitrogen and oxygen atoms in total. The molecular formula is C18H13ClF3NO3. The van der Waals surface area contributed by atoms with Crippen LogP contribution < -0.4 is 4.74 Å². The second-order valence-electron chi connectivity index (χ2n) is 5.06. The summed E-state index contributed by atoms with van der Waals surface area (Å²) in [5, 5.41) is 10.5. The SMILES string of the molecule is COc1ccc(/C(O)=C(/C=Nc2cccc(Cl)c2)C(=O)C(F)(F)F)cc1. The number of halogens is 4. The van der Waals surface area contributed by atoms with E-state index >= 15 is 0 Å². The van der Waals surface area contributed by atoms with Crippen LogP contribution in [0.15, 0.2) is 59.1 Å². The van der Waals surface area contributed by atoms with Gasteiger partial charge in [0.1, 0.15) is 11.5 Å². The minimum absolute atomic E-state index is 0.0101. The Bertz CT molecular complexity index is 859. The number of ketones is 1. The molecule has 2 aromatic carbocycles. The molecule has 0 aliphatic rings. The van der Waals surface area contributed by atoms with Crippen molar-refractivity contribution in [1.29, 1.82) is 0 Å². The lowest BCUT2D eigenvalue weighted by Crippen LogP contribution is -2.26. The lowest BCUT2D eigenvalue weighted by molar-refractivity contribution is -0.165. The summed E-state index contributed by atoms with van der Waals surface area (Å²) in [5.41, 5.74) is -0.744. The first-order valence-electron chi connectivity index (χ1n) is 7.21. The number of benzene rings is 2. The summed E-state index contributed by atoms with van der Waals surface area (Å²) in [6.07, 6.45) is -4.50. The van der Waals surface area contributed by atoms with E-state index in [2.05, 4.69) is 4.99 Å². The molecule has 26 heavy (non-hydrogen) atoms. The molecule has 136 valence electrons. The molecule has 0 unspecified atom stereocenters. The number of Topliss-reactive ketones (excluding diaryl/α,β-unsaturated/α-hetero) is 1. The van der Waals surface area contributed by atoms with Gasteiger partial charge in [0.2, 0.25) is 0 Å². The van der Waals surface area contributed by atoms with Crippen molar-refractivity contribution in [3.05, 3.63) is 64.7 Å². The molecule has 0 fully saturated rings. The van der Waals surface area contributed by atoms with Gasteiger partial charge in [0.15, 0.2) is 0 Å². The molecule has 0 heterocycles. The van der Waals surface area contributed by atoms with Gasteiger partial charge >= 0.3 is 6.18 Å². The van der Waals surface area contributed by atoms with E-state index in [1.54, 1.807) is 12.1 Å². The number of carbonyl (C=O) groups is 1. The summed E-state index contributed by atoms with van der Waals surface area (Å²) in [7, 11) is 1.42. The third-order valence-electron chi connectivity index (χ3n) is 3.27. The Morgan fingerprint density at radius 1 is 1.19 bits per heavy atom. The zero-order valence-corrected chi connectivity index (χ0v) is 14.2. The number of hydrogen-bond acceptors (Lipinski definition) is 4. The molecule has 0 aromatic heterocycles. The number of aliphatic hydroxyl groups excluding tert-OH is 1. The first kappa shape index (κ1) is 19.5. The lowest BCUT2D eigenvalue weighted by atomic mass is 10.0. The van der Waals surface area contributed by atoms with Gasteiger partial charge in [-0.3, -0.25) is 9.79 Å². The van der Waals surface area contributed by atoms with Crippen molar-refractivity contribution in [2.45, 2.75) is 6.18 Å². The van der Waals surface area contributed by atoms with E-state index < -0.39 is 23.3 Å². The zero-order chi connectivity index (χ0) is 19.3. The largest absolute Gasteiger partial charge is 0.506 e. The lowest BCUT2D eigenvalue weighted by Gasteiger charge is -2.09. The van der Waals surface area contributed by atoms with Crippen LogP contribution in [0.5, 0.6) is 5.75 Å². The average Bonchev–Trinajstić information content (AvgIpc) is 2.61. The number of carbonyl (C=O) groups excluding carboxylic acids is 1. The maximum Gasteiger partial charge on any atom is 0.455 e. The van der Waals surface area contributed by atoms with E-state index in [0.29, 0.717) is 17.0 Å². The van der Waals surface area contributed by atoms with Crippen molar-refractivity contribution in [2.24, 2.45) is 4.99 Å². The third-order valence-corrected chi connectivity index (χ3v) is 3.51. The van der Waals surface area contributed by atoms with Gasteiger partial charge in [-0.2, -0.15) is 13.2 Å². The number of nitrogens with zero attached hydrogens (tertiary/aromatic N) is 1. The van der Waals surface area contributed by atoms with Gasteiger partial charge in [-0.05, 0) is 42.5 Å². The molecule has 0 saturated heterocycles. The van der Waals surface area contributed by atoms with Crippen molar-refractivity contribution >= 4 is 35.0 Å². The number of aliphatic hydroxyl groups is 1. The molecule has 0 saturated carbocycles. The number of ether oxygens (including phenoxy) is 1. The van der Waals surface area contributed by atoms with Gasteiger partial charge in [-0.25, -0.2) is 0 Å². The van der Waals surface area contributed by atoms with Gasteiger partial charge in [-0.15, -0.1) is 0 Å². The second-order valence-corrected chi connectivity index (χ2v) is 5.49.